The number of nitrogens with zero attached hydrogens (tertiary/aromatic N) is 2. The highest BCUT2D eigenvalue weighted by molar-refractivity contribution is 7.99. The maximum atomic E-state index is 5.27. The van der Waals surface area contributed by atoms with Crippen molar-refractivity contribution in [2.24, 2.45) is 0 Å². The normalized spacial score (nSPS) is 20.7. The molecule has 2 fully saturated rings. The van der Waals surface area contributed by atoms with Crippen LogP contribution >= 0.6 is 11.8 Å². The van der Waals surface area contributed by atoms with Crippen LogP contribution in [0.4, 0.5) is 0 Å². The van der Waals surface area contributed by atoms with Gasteiger partial charge in [0.15, 0.2) is 5.82 Å². The average molecular weight is 267 g/mol. The van der Waals surface area contributed by atoms with Gasteiger partial charge in [-0.05, 0) is 25.7 Å². The van der Waals surface area contributed by atoms with Crippen LogP contribution < -0.4 is 5.32 Å². The Labute approximate surface area is 112 Å². The van der Waals surface area contributed by atoms with E-state index in [2.05, 4.69) is 15.5 Å². The Morgan fingerprint density at radius 1 is 1.22 bits per heavy atom. The molecule has 1 aromatic rings. The lowest BCUT2D eigenvalue weighted by atomic mass is 10.4. The van der Waals surface area contributed by atoms with Crippen molar-refractivity contribution in [3.63, 3.8) is 0 Å². The van der Waals surface area contributed by atoms with E-state index in [0.29, 0.717) is 0 Å². The minimum atomic E-state index is 0.755. The first-order valence-electron chi connectivity index (χ1n) is 7.06. The van der Waals surface area contributed by atoms with Gasteiger partial charge in [0.05, 0.1) is 5.75 Å². The fourth-order valence-corrected chi connectivity index (χ4v) is 3.54. The van der Waals surface area contributed by atoms with Gasteiger partial charge in [0.2, 0.25) is 5.89 Å². The van der Waals surface area contributed by atoms with E-state index in [1.807, 2.05) is 11.8 Å². The van der Waals surface area contributed by atoms with E-state index in [-0.39, 0.29) is 0 Å². The molecule has 2 aliphatic carbocycles. The van der Waals surface area contributed by atoms with Crippen LogP contribution in [0.2, 0.25) is 0 Å². The summed E-state index contributed by atoms with van der Waals surface area (Å²) in [5.41, 5.74) is 0. The summed E-state index contributed by atoms with van der Waals surface area (Å²) in [6, 6.07) is 0.755. The second-order valence-electron chi connectivity index (χ2n) is 5.30. The van der Waals surface area contributed by atoms with Crippen molar-refractivity contribution in [1.29, 1.82) is 0 Å². The van der Waals surface area contributed by atoms with Crippen molar-refractivity contribution in [2.75, 3.05) is 6.54 Å². The summed E-state index contributed by atoms with van der Waals surface area (Å²) < 4.78 is 5.27. The Kier molecular flexibility index (Phi) is 4.20. The molecule has 0 saturated heterocycles. The molecule has 1 N–H and O–H groups in total. The Morgan fingerprint density at radius 3 is 2.83 bits per heavy atom. The third-order valence-corrected chi connectivity index (χ3v) is 4.98. The zero-order chi connectivity index (χ0) is 12.2. The minimum absolute atomic E-state index is 0.755. The van der Waals surface area contributed by atoms with Crippen molar-refractivity contribution >= 4 is 11.8 Å². The molecule has 0 aliphatic heterocycles. The third kappa shape index (κ3) is 3.72. The number of hydrogen-bond acceptors (Lipinski definition) is 5. The second kappa shape index (κ2) is 6.06. The van der Waals surface area contributed by atoms with E-state index in [4.69, 9.17) is 4.52 Å². The molecule has 100 valence electrons. The Hall–Kier alpha value is -0.550. The van der Waals surface area contributed by atoms with E-state index < -0.39 is 0 Å². The van der Waals surface area contributed by atoms with Crippen LogP contribution in [0, 0.1) is 0 Å². The molecule has 0 radical (unpaired) electrons. The molecule has 1 heterocycles. The molecule has 5 heteroatoms. The van der Waals surface area contributed by atoms with Crippen molar-refractivity contribution in [3.8, 4) is 0 Å². The standard InChI is InChI=1S/C13H21N3OS/c1-2-4-11(3-1)18-9-12-15-13(17-16-12)7-8-14-10-5-6-10/h10-11,14H,1-9H2. The van der Waals surface area contributed by atoms with Crippen LogP contribution in [-0.2, 0) is 12.2 Å². The van der Waals surface area contributed by atoms with Gasteiger partial charge >= 0.3 is 0 Å². The van der Waals surface area contributed by atoms with Crippen LogP contribution in [0.3, 0.4) is 0 Å². The molecule has 1 aromatic heterocycles. The summed E-state index contributed by atoms with van der Waals surface area (Å²) in [6.07, 6.45) is 9.02. The molecule has 4 nitrogen and oxygen atoms in total. The van der Waals surface area contributed by atoms with Gasteiger partial charge in [-0.3, -0.25) is 0 Å². The lowest BCUT2D eigenvalue weighted by Gasteiger charge is -2.04. The summed E-state index contributed by atoms with van der Waals surface area (Å²) in [5.74, 6) is 2.56. The van der Waals surface area contributed by atoms with Crippen LogP contribution in [0.25, 0.3) is 0 Å². The van der Waals surface area contributed by atoms with E-state index in [0.717, 1.165) is 41.7 Å². The summed E-state index contributed by atoms with van der Waals surface area (Å²) in [5, 5.41) is 8.34. The number of nitrogens with one attached hydrogen (secondary N) is 1. The van der Waals surface area contributed by atoms with Crippen LogP contribution in [0.1, 0.15) is 50.2 Å². The fourth-order valence-electron chi connectivity index (χ4n) is 2.37. The number of thioether (sulfide) groups is 1. The quantitative estimate of drug-likeness (QED) is 0.822. The van der Waals surface area contributed by atoms with Crippen LogP contribution in [0.15, 0.2) is 4.52 Å². The highest BCUT2D eigenvalue weighted by Crippen LogP contribution is 2.30. The van der Waals surface area contributed by atoms with Crippen molar-refractivity contribution < 1.29 is 4.52 Å². The van der Waals surface area contributed by atoms with Gasteiger partial charge in [0.25, 0.3) is 0 Å². The van der Waals surface area contributed by atoms with E-state index in [1.54, 1.807) is 0 Å². The lowest BCUT2D eigenvalue weighted by molar-refractivity contribution is 0.372. The maximum absolute atomic E-state index is 5.27. The van der Waals surface area contributed by atoms with Gasteiger partial charge < -0.3 is 9.84 Å². The van der Waals surface area contributed by atoms with Gasteiger partial charge in [0, 0.05) is 24.3 Å². The largest absolute Gasteiger partial charge is 0.339 e. The first-order chi connectivity index (χ1) is 8.90. The molecule has 0 amide bonds. The van der Waals surface area contributed by atoms with Crippen molar-refractivity contribution in [1.82, 2.24) is 15.5 Å². The molecular formula is C13H21N3OS. The smallest absolute Gasteiger partial charge is 0.227 e. The summed E-state index contributed by atoms with van der Waals surface area (Å²) in [6.45, 7) is 0.960. The number of hydrogen-bond donors (Lipinski definition) is 1. The van der Waals surface area contributed by atoms with Gasteiger partial charge in [-0.15, -0.1) is 0 Å². The fraction of sp³-hybridized carbons (Fsp3) is 0.846. The van der Waals surface area contributed by atoms with Gasteiger partial charge in [-0.1, -0.05) is 18.0 Å². The topological polar surface area (TPSA) is 51.0 Å². The first kappa shape index (κ1) is 12.5. The van der Waals surface area contributed by atoms with Gasteiger partial charge in [-0.25, -0.2) is 0 Å². The van der Waals surface area contributed by atoms with Gasteiger partial charge in [0.1, 0.15) is 0 Å². The summed E-state index contributed by atoms with van der Waals surface area (Å²) in [7, 11) is 0. The molecule has 2 aliphatic rings. The Bertz CT molecular complexity index is 372. The predicted molar refractivity (Wildman–Crippen MR) is 72.6 cm³/mol. The Morgan fingerprint density at radius 2 is 2.06 bits per heavy atom. The lowest BCUT2D eigenvalue weighted by Crippen LogP contribution is -2.19. The molecule has 18 heavy (non-hydrogen) atoms. The van der Waals surface area contributed by atoms with E-state index in [9.17, 15) is 0 Å². The zero-order valence-corrected chi connectivity index (χ0v) is 11.5. The molecule has 3 rings (SSSR count). The first-order valence-corrected chi connectivity index (χ1v) is 8.11. The zero-order valence-electron chi connectivity index (χ0n) is 10.7. The number of aromatic nitrogens is 2. The van der Waals surface area contributed by atoms with E-state index in [1.165, 1.54) is 38.5 Å². The molecular weight excluding hydrogens is 246 g/mol. The van der Waals surface area contributed by atoms with Crippen LogP contribution in [0.5, 0.6) is 0 Å². The predicted octanol–water partition coefficient (Wildman–Crippen LogP) is 2.54. The van der Waals surface area contributed by atoms with Crippen molar-refractivity contribution in [2.45, 2.75) is 62.0 Å². The highest BCUT2D eigenvalue weighted by Gasteiger charge is 2.20. The Balaban J connectivity index is 1.37. The highest BCUT2D eigenvalue weighted by atomic mass is 32.2. The van der Waals surface area contributed by atoms with Crippen LogP contribution in [-0.4, -0.2) is 28.0 Å². The summed E-state index contributed by atoms with van der Waals surface area (Å²) in [4.78, 5) is 4.45. The molecule has 0 bridgehead atoms. The second-order valence-corrected chi connectivity index (χ2v) is 6.59. The molecule has 0 unspecified atom stereocenters. The molecule has 0 atom stereocenters. The molecule has 0 spiro atoms. The van der Waals surface area contributed by atoms with Crippen molar-refractivity contribution in [3.05, 3.63) is 11.7 Å². The van der Waals surface area contributed by atoms with Gasteiger partial charge in [-0.2, -0.15) is 16.7 Å². The monoisotopic (exact) mass is 267 g/mol. The summed E-state index contributed by atoms with van der Waals surface area (Å²) >= 11 is 1.99. The third-order valence-electron chi connectivity index (χ3n) is 3.61. The minimum Gasteiger partial charge on any atom is -0.339 e. The maximum Gasteiger partial charge on any atom is 0.227 e. The number of rotatable bonds is 7. The van der Waals surface area contributed by atoms with E-state index >= 15 is 0 Å². The molecule has 0 aromatic carbocycles. The SMILES string of the molecule is C1CCC(SCc2noc(CCNC3CC3)n2)C1. The average Bonchev–Trinajstić information content (AvgIpc) is 2.90. The molecule has 2 saturated carbocycles.